The number of phenols is 1. The number of phenolic OH excluding ortho intramolecular Hbond substituents is 1. The Balaban J connectivity index is 1.54. The van der Waals surface area contributed by atoms with Crippen molar-refractivity contribution in [2.45, 2.75) is 6.61 Å². The first-order valence-electron chi connectivity index (χ1n) is 8.09. The van der Waals surface area contributed by atoms with Crippen LogP contribution in [-0.2, 0) is 11.3 Å². The smallest absolute Gasteiger partial charge is 0.342 e. The highest BCUT2D eigenvalue weighted by atomic mass is 35.5. The molecule has 3 aromatic carbocycles. The number of hydrogen-bond donors (Lipinski definition) is 1. The minimum atomic E-state index is -0.612. The van der Waals surface area contributed by atoms with E-state index >= 15 is 0 Å². The van der Waals surface area contributed by atoms with Gasteiger partial charge < -0.3 is 19.3 Å². The molecule has 0 spiro atoms. The Bertz CT molecular complexity index is 999. The van der Waals surface area contributed by atoms with Crippen LogP contribution in [0.25, 0.3) is 10.8 Å². The number of carbonyl (C=O) groups is 1. The maximum Gasteiger partial charge on any atom is 0.342 e. The largest absolute Gasteiger partial charge is 0.506 e. The monoisotopic (exact) mass is 370 g/mol. The summed E-state index contributed by atoms with van der Waals surface area (Å²) in [6.07, 6.45) is 0. The maximum atomic E-state index is 12.4. The molecule has 4 rings (SSSR count). The standard InChI is InChI=1S/C20H15ClO5/c21-16-9-12(10-17-19(16)25-8-7-24-17)11-26-20(23)15-6-5-13-3-1-2-4-14(13)18(15)22/h1-6,9-10,22H,7-8,11H2. The van der Waals surface area contributed by atoms with Gasteiger partial charge >= 0.3 is 5.97 Å². The second-order valence-corrected chi connectivity index (χ2v) is 6.27. The number of benzene rings is 3. The van der Waals surface area contributed by atoms with Gasteiger partial charge in [0.05, 0.1) is 5.02 Å². The molecule has 1 aliphatic rings. The van der Waals surface area contributed by atoms with Gasteiger partial charge in [0, 0.05) is 5.39 Å². The van der Waals surface area contributed by atoms with Crippen molar-refractivity contribution < 1.29 is 24.1 Å². The zero-order valence-corrected chi connectivity index (χ0v) is 14.5. The molecule has 3 aromatic rings. The van der Waals surface area contributed by atoms with Crippen molar-refractivity contribution >= 4 is 28.3 Å². The minimum Gasteiger partial charge on any atom is -0.506 e. The van der Waals surface area contributed by atoms with Gasteiger partial charge in [0.25, 0.3) is 0 Å². The summed E-state index contributed by atoms with van der Waals surface area (Å²) >= 11 is 6.18. The molecule has 0 amide bonds. The molecule has 0 unspecified atom stereocenters. The van der Waals surface area contributed by atoms with Crippen LogP contribution in [0.15, 0.2) is 48.5 Å². The summed E-state index contributed by atoms with van der Waals surface area (Å²) in [7, 11) is 0. The SMILES string of the molecule is O=C(OCc1cc(Cl)c2c(c1)OCCO2)c1ccc2ccccc2c1O. The predicted molar refractivity (Wildman–Crippen MR) is 97.2 cm³/mol. The molecule has 1 N–H and O–H groups in total. The van der Waals surface area contributed by atoms with E-state index in [-0.39, 0.29) is 17.9 Å². The second kappa shape index (κ2) is 6.77. The Morgan fingerprint density at radius 2 is 1.92 bits per heavy atom. The fourth-order valence-electron chi connectivity index (χ4n) is 2.89. The number of hydrogen-bond acceptors (Lipinski definition) is 5. The zero-order valence-electron chi connectivity index (χ0n) is 13.7. The van der Waals surface area contributed by atoms with Crippen LogP contribution < -0.4 is 9.47 Å². The van der Waals surface area contributed by atoms with E-state index in [2.05, 4.69) is 0 Å². The van der Waals surface area contributed by atoms with Crippen molar-refractivity contribution in [3.05, 3.63) is 64.7 Å². The minimum absolute atomic E-state index is 0.00145. The number of fused-ring (bicyclic) bond motifs is 2. The number of esters is 1. The predicted octanol–water partition coefficient (Wildman–Crippen LogP) is 4.33. The summed E-state index contributed by atoms with van der Waals surface area (Å²) < 4.78 is 16.3. The lowest BCUT2D eigenvalue weighted by atomic mass is 10.1. The van der Waals surface area contributed by atoms with Gasteiger partial charge in [-0.1, -0.05) is 41.9 Å². The average Bonchev–Trinajstić information content (AvgIpc) is 2.67. The van der Waals surface area contributed by atoms with Gasteiger partial charge in [0.15, 0.2) is 11.5 Å². The van der Waals surface area contributed by atoms with Gasteiger partial charge in [-0.15, -0.1) is 0 Å². The molecule has 26 heavy (non-hydrogen) atoms. The van der Waals surface area contributed by atoms with Crippen molar-refractivity contribution in [2.24, 2.45) is 0 Å². The maximum absolute atomic E-state index is 12.4. The molecular formula is C20H15ClO5. The normalized spacial score (nSPS) is 12.8. The molecule has 0 aromatic heterocycles. The molecule has 0 atom stereocenters. The fraction of sp³-hybridized carbons (Fsp3) is 0.150. The third-order valence-electron chi connectivity index (χ3n) is 4.15. The number of rotatable bonds is 3. The highest BCUT2D eigenvalue weighted by Crippen LogP contribution is 2.38. The summed E-state index contributed by atoms with van der Waals surface area (Å²) in [5.74, 6) is 0.330. The van der Waals surface area contributed by atoms with Crippen LogP contribution in [-0.4, -0.2) is 24.3 Å². The van der Waals surface area contributed by atoms with Gasteiger partial charge in [-0.2, -0.15) is 0 Å². The lowest BCUT2D eigenvalue weighted by Gasteiger charge is -2.20. The fourth-order valence-corrected chi connectivity index (χ4v) is 3.18. The van der Waals surface area contributed by atoms with Gasteiger partial charge in [-0.3, -0.25) is 0 Å². The molecule has 5 nitrogen and oxygen atoms in total. The van der Waals surface area contributed by atoms with E-state index in [9.17, 15) is 9.90 Å². The number of aromatic hydroxyl groups is 1. The number of carbonyl (C=O) groups excluding carboxylic acids is 1. The van der Waals surface area contributed by atoms with Crippen molar-refractivity contribution in [3.8, 4) is 17.2 Å². The lowest BCUT2D eigenvalue weighted by molar-refractivity contribution is 0.0469. The van der Waals surface area contributed by atoms with Crippen molar-refractivity contribution in [2.75, 3.05) is 13.2 Å². The Labute approximate surface area is 154 Å². The van der Waals surface area contributed by atoms with E-state index in [0.717, 1.165) is 5.39 Å². The van der Waals surface area contributed by atoms with Crippen LogP contribution in [0.2, 0.25) is 5.02 Å². The van der Waals surface area contributed by atoms with E-state index in [1.165, 1.54) is 0 Å². The molecule has 0 saturated heterocycles. The first-order chi connectivity index (χ1) is 12.6. The third-order valence-corrected chi connectivity index (χ3v) is 4.43. The second-order valence-electron chi connectivity index (χ2n) is 5.86. The molecule has 0 aliphatic carbocycles. The zero-order chi connectivity index (χ0) is 18.1. The Morgan fingerprint density at radius 1 is 1.12 bits per heavy atom. The molecule has 0 saturated carbocycles. The van der Waals surface area contributed by atoms with Gasteiger partial charge in [-0.25, -0.2) is 4.79 Å². The van der Waals surface area contributed by atoms with Crippen LogP contribution >= 0.6 is 11.6 Å². The molecular weight excluding hydrogens is 356 g/mol. The van der Waals surface area contributed by atoms with Gasteiger partial charge in [0.1, 0.15) is 31.1 Å². The highest BCUT2D eigenvalue weighted by Gasteiger charge is 2.19. The van der Waals surface area contributed by atoms with Crippen LogP contribution in [0.3, 0.4) is 0 Å². The van der Waals surface area contributed by atoms with E-state index < -0.39 is 5.97 Å². The van der Waals surface area contributed by atoms with Crippen LogP contribution in [0, 0.1) is 0 Å². The number of halogens is 1. The molecule has 132 valence electrons. The first-order valence-corrected chi connectivity index (χ1v) is 8.47. The van der Waals surface area contributed by atoms with E-state index in [1.54, 1.807) is 36.4 Å². The summed E-state index contributed by atoms with van der Waals surface area (Å²) in [6, 6.07) is 14.0. The summed E-state index contributed by atoms with van der Waals surface area (Å²) in [5, 5.41) is 12.2. The molecule has 0 bridgehead atoms. The Hall–Kier alpha value is -2.92. The number of ether oxygens (including phenoxy) is 3. The van der Waals surface area contributed by atoms with Crippen LogP contribution in [0.1, 0.15) is 15.9 Å². The Morgan fingerprint density at radius 3 is 2.81 bits per heavy atom. The van der Waals surface area contributed by atoms with E-state index in [1.807, 2.05) is 12.1 Å². The summed E-state index contributed by atoms with van der Waals surface area (Å²) in [4.78, 5) is 12.4. The van der Waals surface area contributed by atoms with Crippen molar-refractivity contribution in [1.29, 1.82) is 0 Å². The summed E-state index contributed by atoms with van der Waals surface area (Å²) in [5.41, 5.74) is 0.792. The van der Waals surface area contributed by atoms with Gasteiger partial charge in [0.2, 0.25) is 0 Å². The van der Waals surface area contributed by atoms with Crippen LogP contribution in [0.4, 0.5) is 0 Å². The van der Waals surface area contributed by atoms with Crippen molar-refractivity contribution in [3.63, 3.8) is 0 Å². The highest BCUT2D eigenvalue weighted by molar-refractivity contribution is 6.32. The molecule has 1 heterocycles. The first kappa shape index (κ1) is 16.5. The lowest BCUT2D eigenvalue weighted by Crippen LogP contribution is -2.16. The van der Waals surface area contributed by atoms with E-state index in [4.69, 9.17) is 25.8 Å². The van der Waals surface area contributed by atoms with E-state index in [0.29, 0.717) is 40.7 Å². The topological polar surface area (TPSA) is 65.0 Å². The third kappa shape index (κ3) is 3.02. The molecule has 0 radical (unpaired) electrons. The molecule has 6 heteroatoms. The van der Waals surface area contributed by atoms with Crippen molar-refractivity contribution in [1.82, 2.24) is 0 Å². The Kier molecular flexibility index (Phi) is 4.31. The molecule has 0 fully saturated rings. The van der Waals surface area contributed by atoms with Crippen LogP contribution in [0.5, 0.6) is 17.2 Å². The van der Waals surface area contributed by atoms with Gasteiger partial charge in [-0.05, 0) is 29.1 Å². The molecule has 1 aliphatic heterocycles. The average molecular weight is 371 g/mol. The summed E-state index contributed by atoms with van der Waals surface area (Å²) in [6.45, 7) is 0.890. The quantitative estimate of drug-likeness (QED) is 0.695.